The van der Waals surface area contributed by atoms with Crippen molar-refractivity contribution >= 4 is 58.1 Å². The van der Waals surface area contributed by atoms with Gasteiger partial charge in [-0.1, -0.05) is 47.5 Å². The van der Waals surface area contributed by atoms with Crippen LogP contribution in [0.2, 0.25) is 10.0 Å². The Bertz CT molecular complexity index is 1280. The molecule has 1 aromatic heterocycles. The van der Waals surface area contributed by atoms with Crippen LogP contribution in [0.15, 0.2) is 59.7 Å². The number of likely N-dealkylation sites (N-methyl/N-ethyl adjacent to an activating group) is 2. The molecule has 1 saturated heterocycles. The van der Waals surface area contributed by atoms with Gasteiger partial charge in [0, 0.05) is 41.4 Å². The zero-order valence-electron chi connectivity index (χ0n) is 19.7. The molecule has 2 aliphatic rings. The molecule has 5 rings (SSSR count). The summed E-state index contributed by atoms with van der Waals surface area (Å²) in [6.07, 6.45) is 2.40. The maximum absolute atomic E-state index is 6.40. The van der Waals surface area contributed by atoms with E-state index in [2.05, 4.69) is 39.6 Å². The molecule has 180 valence electrons. The van der Waals surface area contributed by atoms with E-state index in [1.54, 1.807) is 6.07 Å². The molecule has 0 radical (unpaired) electrons. The smallest absolute Gasteiger partial charge is 0.324 e. The summed E-state index contributed by atoms with van der Waals surface area (Å²) < 4.78 is 0.640. The van der Waals surface area contributed by atoms with Crippen molar-refractivity contribution in [1.82, 2.24) is 24.3 Å². The number of nitrogens with one attached hydrogen (secondary N) is 2. The van der Waals surface area contributed by atoms with Gasteiger partial charge in [-0.3, -0.25) is 9.38 Å². The lowest BCUT2D eigenvalue weighted by molar-refractivity contribution is 0.175. The molecule has 0 unspecified atom stereocenters. The van der Waals surface area contributed by atoms with Gasteiger partial charge in [-0.25, -0.2) is 4.99 Å². The minimum atomic E-state index is 0.460. The molecule has 2 aromatic carbocycles. The topological polar surface area (TPSA) is 78.3 Å². The van der Waals surface area contributed by atoms with E-state index in [4.69, 9.17) is 33.2 Å². The summed E-state index contributed by atoms with van der Waals surface area (Å²) >= 11 is 12.5. The fraction of sp³-hybridized carbons (Fsp3) is 0.280. The summed E-state index contributed by atoms with van der Waals surface area (Å²) in [7, 11) is 4.32. The first-order valence-corrected chi connectivity index (χ1v) is 12.2. The van der Waals surface area contributed by atoms with Crippen LogP contribution in [0.3, 0.4) is 0 Å². The number of benzene rings is 2. The monoisotopic (exact) mass is 509 g/mol. The largest absolute Gasteiger partial charge is 0.335 e. The van der Waals surface area contributed by atoms with Gasteiger partial charge in [-0.05, 0) is 42.4 Å². The molecule has 0 spiro atoms. The van der Waals surface area contributed by atoms with Crippen molar-refractivity contribution < 1.29 is 0 Å². The number of halogens is 2. The summed E-state index contributed by atoms with van der Waals surface area (Å²) in [5, 5.41) is 7.83. The van der Waals surface area contributed by atoms with E-state index in [0.717, 1.165) is 54.8 Å². The number of hydrogen-bond donors (Lipinski definition) is 2. The van der Waals surface area contributed by atoms with Crippen molar-refractivity contribution in [3.8, 4) is 0 Å². The highest BCUT2D eigenvalue weighted by Gasteiger charge is 2.34. The van der Waals surface area contributed by atoms with Gasteiger partial charge in [0.05, 0.1) is 20.1 Å². The Morgan fingerprint density at radius 2 is 1.63 bits per heavy atom. The van der Waals surface area contributed by atoms with Gasteiger partial charge in [0.15, 0.2) is 0 Å². The fourth-order valence-electron chi connectivity index (χ4n) is 4.12. The van der Waals surface area contributed by atoms with Crippen LogP contribution in [0.1, 0.15) is 12.0 Å². The quantitative estimate of drug-likeness (QED) is 0.468. The number of aliphatic imine (C=N–C) groups is 1. The molecule has 35 heavy (non-hydrogen) atoms. The summed E-state index contributed by atoms with van der Waals surface area (Å²) in [5.74, 6) is 2.42. The van der Waals surface area contributed by atoms with Crippen molar-refractivity contribution in [1.29, 1.82) is 0 Å². The SMILES string of the molecule is CN1CC[N+](C)(c2nc(NC3=NC=C(c4ccc(Cl)cc4Cl)C3)nc(Nc3ccccc3)n2)CC1. The number of para-hydroxylation sites is 1. The second-order valence-corrected chi connectivity index (χ2v) is 9.92. The van der Waals surface area contributed by atoms with Gasteiger partial charge in [-0.2, -0.15) is 4.98 Å². The van der Waals surface area contributed by atoms with E-state index in [9.17, 15) is 0 Å². The summed E-state index contributed by atoms with van der Waals surface area (Å²) in [6.45, 7) is 3.81. The molecule has 1 fully saturated rings. The molecule has 3 heterocycles. The Balaban J connectivity index is 1.39. The van der Waals surface area contributed by atoms with Crippen LogP contribution in [0.4, 0.5) is 23.5 Å². The third-order valence-electron chi connectivity index (χ3n) is 6.35. The van der Waals surface area contributed by atoms with Crippen molar-refractivity contribution in [3.05, 3.63) is 70.3 Å². The van der Waals surface area contributed by atoms with Crippen molar-refractivity contribution in [2.24, 2.45) is 4.99 Å². The Hall–Kier alpha value is -3.04. The average Bonchev–Trinajstić information content (AvgIpc) is 3.29. The van der Waals surface area contributed by atoms with Gasteiger partial charge < -0.3 is 10.6 Å². The van der Waals surface area contributed by atoms with Crippen LogP contribution < -0.4 is 15.1 Å². The number of hydrogen-bond acceptors (Lipinski definition) is 7. The highest BCUT2D eigenvalue weighted by atomic mass is 35.5. The number of aromatic nitrogens is 3. The molecule has 2 aliphatic heterocycles. The molecule has 0 aliphatic carbocycles. The molecular weight excluding hydrogens is 483 g/mol. The standard InChI is InChI=1S/C25H27Cl2N8/c1-34-10-12-35(2,13-11-34)25-32-23(29-19-6-4-3-5-7-19)31-24(33-25)30-22-14-17(16-28-22)20-9-8-18(26)15-21(20)27/h3-9,15-16H,10-14H2,1-2H3,(H2,28,29,30,31,32,33)/q+1. The number of rotatable bonds is 5. The van der Waals surface area contributed by atoms with Gasteiger partial charge in [-0.15, -0.1) is 9.97 Å². The summed E-state index contributed by atoms with van der Waals surface area (Å²) in [4.78, 5) is 21.2. The molecule has 0 atom stereocenters. The Morgan fingerprint density at radius 1 is 0.914 bits per heavy atom. The highest BCUT2D eigenvalue weighted by Crippen LogP contribution is 2.32. The predicted molar refractivity (Wildman–Crippen MR) is 145 cm³/mol. The van der Waals surface area contributed by atoms with Crippen LogP contribution in [0.5, 0.6) is 0 Å². The number of quaternary nitrogens is 1. The zero-order chi connectivity index (χ0) is 24.4. The van der Waals surface area contributed by atoms with Crippen molar-refractivity contribution in [3.63, 3.8) is 0 Å². The lowest BCUT2D eigenvalue weighted by atomic mass is 10.0. The Labute approximate surface area is 214 Å². The normalized spacial score (nSPS) is 17.6. The first kappa shape index (κ1) is 23.7. The first-order chi connectivity index (χ1) is 16.9. The van der Waals surface area contributed by atoms with Crippen LogP contribution in [0, 0.1) is 0 Å². The maximum Gasteiger partial charge on any atom is 0.335 e. The predicted octanol–water partition coefficient (Wildman–Crippen LogP) is 5.06. The number of nitrogens with zero attached hydrogens (tertiary/aromatic N) is 6. The Kier molecular flexibility index (Phi) is 6.71. The lowest BCUT2D eigenvalue weighted by Crippen LogP contribution is -2.58. The van der Waals surface area contributed by atoms with Crippen molar-refractivity contribution in [2.75, 3.05) is 50.9 Å². The van der Waals surface area contributed by atoms with E-state index >= 15 is 0 Å². The lowest BCUT2D eigenvalue weighted by Gasteiger charge is -2.38. The van der Waals surface area contributed by atoms with E-state index in [-0.39, 0.29) is 0 Å². The van der Waals surface area contributed by atoms with E-state index in [1.165, 1.54) is 0 Å². The third-order valence-corrected chi connectivity index (χ3v) is 6.90. The zero-order valence-corrected chi connectivity index (χ0v) is 21.2. The van der Waals surface area contributed by atoms with Crippen LogP contribution in [-0.2, 0) is 0 Å². The van der Waals surface area contributed by atoms with Gasteiger partial charge >= 0.3 is 5.95 Å². The van der Waals surface area contributed by atoms with Crippen molar-refractivity contribution in [2.45, 2.75) is 6.42 Å². The van der Waals surface area contributed by atoms with Gasteiger partial charge in [0.1, 0.15) is 5.84 Å². The summed E-state index contributed by atoms with van der Waals surface area (Å²) in [6, 6.07) is 15.4. The van der Waals surface area contributed by atoms with Crippen LogP contribution in [-0.4, -0.2) is 66.0 Å². The second kappa shape index (κ2) is 9.91. The molecular formula is C25H27Cl2N8+. The van der Waals surface area contributed by atoms with E-state index in [1.807, 2.05) is 48.7 Å². The second-order valence-electron chi connectivity index (χ2n) is 9.08. The third kappa shape index (κ3) is 5.46. The molecule has 10 heteroatoms. The number of amidine groups is 1. The first-order valence-electron chi connectivity index (χ1n) is 11.5. The van der Waals surface area contributed by atoms with Crippen LogP contribution in [0.25, 0.3) is 5.57 Å². The Morgan fingerprint density at radius 3 is 2.34 bits per heavy atom. The van der Waals surface area contributed by atoms with Crippen LogP contribution >= 0.6 is 23.2 Å². The average molecular weight is 510 g/mol. The summed E-state index contributed by atoms with van der Waals surface area (Å²) in [5.41, 5.74) is 2.83. The molecule has 3 aromatic rings. The maximum atomic E-state index is 6.40. The minimum Gasteiger partial charge on any atom is -0.324 e. The molecule has 0 amide bonds. The minimum absolute atomic E-state index is 0.460. The molecule has 0 saturated carbocycles. The van der Waals surface area contributed by atoms with Gasteiger partial charge in [0.2, 0.25) is 11.9 Å². The fourth-order valence-corrected chi connectivity index (χ4v) is 4.65. The van der Waals surface area contributed by atoms with E-state index < -0.39 is 0 Å². The number of piperazine rings is 1. The van der Waals surface area contributed by atoms with Gasteiger partial charge in [0.25, 0.3) is 0 Å². The molecule has 0 bridgehead atoms. The molecule has 2 N–H and O–H groups in total. The highest BCUT2D eigenvalue weighted by molar-refractivity contribution is 6.35. The molecule has 8 nitrogen and oxygen atoms in total. The number of anilines is 3. The van der Waals surface area contributed by atoms with E-state index in [0.29, 0.717) is 32.8 Å².